The molecule has 0 saturated carbocycles. The summed E-state index contributed by atoms with van der Waals surface area (Å²) in [6.07, 6.45) is 0. The van der Waals surface area contributed by atoms with Crippen LogP contribution in [0.25, 0.3) is 0 Å². The van der Waals surface area contributed by atoms with E-state index in [9.17, 15) is 13.2 Å². The van der Waals surface area contributed by atoms with Gasteiger partial charge >= 0.3 is 6.61 Å². The third kappa shape index (κ3) is 4.15. The third-order valence-electron chi connectivity index (χ3n) is 3.22. The molecule has 2 aromatic rings. The van der Waals surface area contributed by atoms with E-state index in [0.29, 0.717) is 12.2 Å². The molecule has 0 aliphatic heterocycles. The fraction of sp³-hybridized carbons (Fsp3) is 0.250. The van der Waals surface area contributed by atoms with Gasteiger partial charge in [0.05, 0.1) is 0 Å². The standard InChI is InChI=1S/C16H16F3NO/c1-10-3-4-12(7-11(10)2)9-20-13-5-6-15(14(17)8-13)21-16(18)19/h3-8,16,20H,9H2,1-2H3. The van der Waals surface area contributed by atoms with E-state index < -0.39 is 18.2 Å². The molecule has 0 aliphatic carbocycles. The van der Waals surface area contributed by atoms with Crippen LogP contribution >= 0.6 is 0 Å². The van der Waals surface area contributed by atoms with Crippen LogP contribution in [0.1, 0.15) is 16.7 Å². The average Bonchev–Trinajstić information content (AvgIpc) is 2.42. The molecule has 0 aromatic heterocycles. The van der Waals surface area contributed by atoms with Gasteiger partial charge in [-0.2, -0.15) is 8.78 Å². The van der Waals surface area contributed by atoms with Crippen molar-refractivity contribution in [3.8, 4) is 5.75 Å². The zero-order valence-electron chi connectivity index (χ0n) is 11.8. The van der Waals surface area contributed by atoms with E-state index in [4.69, 9.17) is 0 Å². The Balaban J connectivity index is 2.03. The van der Waals surface area contributed by atoms with Crippen LogP contribution in [0, 0.1) is 19.7 Å². The maximum atomic E-state index is 13.6. The largest absolute Gasteiger partial charge is 0.432 e. The number of hydrogen-bond donors (Lipinski definition) is 1. The van der Waals surface area contributed by atoms with E-state index in [-0.39, 0.29) is 0 Å². The highest BCUT2D eigenvalue weighted by Crippen LogP contribution is 2.23. The average molecular weight is 295 g/mol. The molecule has 5 heteroatoms. The summed E-state index contributed by atoms with van der Waals surface area (Å²) in [4.78, 5) is 0. The summed E-state index contributed by atoms with van der Waals surface area (Å²) in [5.74, 6) is -1.28. The number of aryl methyl sites for hydroxylation is 2. The molecule has 0 amide bonds. The summed E-state index contributed by atoms with van der Waals surface area (Å²) < 4.78 is 41.7. The highest BCUT2D eigenvalue weighted by Gasteiger charge is 2.10. The van der Waals surface area contributed by atoms with Crippen LogP contribution in [-0.4, -0.2) is 6.61 Å². The predicted molar refractivity (Wildman–Crippen MR) is 76.3 cm³/mol. The molecule has 0 spiro atoms. The first kappa shape index (κ1) is 15.2. The highest BCUT2D eigenvalue weighted by atomic mass is 19.3. The Morgan fingerprint density at radius 1 is 1.05 bits per heavy atom. The Morgan fingerprint density at radius 3 is 2.43 bits per heavy atom. The van der Waals surface area contributed by atoms with Crippen molar-refractivity contribution in [2.24, 2.45) is 0 Å². The van der Waals surface area contributed by atoms with Crippen LogP contribution in [0.4, 0.5) is 18.9 Å². The van der Waals surface area contributed by atoms with Gasteiger partial charge in [-0.25, -0.2) is 4.39 Å². The lowest BCUT2D eigenvalue weighted by atomic mass is 10.1. The number of benzene rings is 2. The molecule has 0 saturated heterocycles. The van der Waals surface area contributed by atoms with E-state index in [2.05, 4.69) is 10.1 Å². The lowest BCUT2D eigenvalue weighted by molar-refractivity contribution is -0.0521. The van der Waals surface area contributed by atoms with Gasteiger partial charge in [-0.05, 0) is 42.7 Å². The molecule has 1 N–H and O–H groups in total. The van der Waals surface area contributed by atoms with Gasteiger partial charge in [0.1, 0.15) is 0 Å². The van der Waals surface area contributed by atoms with Crippen molar-refractivity contribution >= 4 is 5.69 Å². The molecule has 0 aliphatic rings. The summed E-state index contributed by atoms with van der Waals surface area (Å²) >= 11 is 0. The third-order valence-corrected chi connectivity index (χ3v) is 3.22. The van der Waals surface area contributed by atoms with E-state index in [1.807, 2.05) is 32.0 Å². The summed E-state index contributed by atoms with van der Waals surface area (Å²) in [7, 11) is 0. The molecule has 0 radical (unpaired) electrons. The summed E-state index contributed by atoms with van der Waals surface area (Å²) in [5.41, 5.74) is 3.96. The van der Waals surface area contributed by atoms with Crippen LogP contribution in [0.15, 0.2) is 36.4 Å². The number of hydrogen-bond acceptors (Lipinski definition) is 2. The van der Waals surface area contributed by atoms with E-state index in [1.54, 1.807) is 0 Å². The Hall–Kier alpha value is -2.17. The van der Waals surface area contributed by atoms with Crippen molar-refractivity contribution in [2.45, 2.75) is 27.0 Å². The SMILES string of the molecule is Cc1ccc(CNc2ccc(OC(F)F)c(F)c2)cc1C. The van der Waals surface area contributed by atoms with E-state index >= 15 is 0 Å². The molecule has 0 bridgehead atoms. The molecule has 2 aromatic carbocycles. The normalized spacial score (nSPS) is 10.8. The molecule has 2 nitrogen and oxygen atoms in total. The van der Waals surface area contributed by atoms with Crippen LogP contribution in [0.2, 0.25) is 0 Å². The van der Waals surface area contributed by atoms with Gasteiger partial charge in [-0.3, -0.25) is 0 Å². The van der Waals surface area contributed by atoms with Gasteiger partial charge in [0.25, 0.3) is 0 Å². The molecule has 21 heavy (non-hydrogen) atoms. The minimum atomic E-state index is -3.03. The molecular weight excluding hydrogens is 279 g/mol. The number of nitrogens with one attached hydrogen (secondary N) is 1. The summed E-state index contributed by atoms with van der Waals surface area (Å²) in [5, 5.41) is 3.05. The minimum absolute atomic E-state index is 0.457. The van der Waals surface area contributed by atoms with Gasteiger partial charge in [0.15, 0.2) is 11.6 Å². The Kier molecular flexibility index (Phi) is 4.73. The first-order valence-corrected chi connectivity index (χ1v) is 6.50. The van der Waals surface area contributed by atoms with Crippen LogP contribution < -0.4 is 10.1 Å². The Morgan fingerprint density at radius 2 is 1.81 bits per heavy atom. The monoisotopic (exact) mass is 295 g/mol. The zero-order valence-corrected chi connectivity index (χ0v) is 11.8. The van der Waals surface area contributed by atoms with Crippen molar-refractivity contribution in [3.05, 3.63) is 58.9 Å². The van der Waals surface area contributed by atoms with Gasteiger partial charge in [-0.15, -0.1) is 0 Å². The predicted octanol–water partition coefficient (Wildman–Crippen LogP) is 4.66. The minimum Gasteiger partial charge on any atom is -0.432 e. The second-order valence-corrected chi connectivity index (χ2v) is 4.80. The smallest absolute Gasteiger partial charge is 0.387 e. The van der Waals surface area contributed by atoms with Crippen LogP contribution in [0.3, 0.4) is 0 Å². The van der Waals surface area contributed by atoms with E-state index in [1.165, 1.54) is 23.3 Å². The lowest BCUT2D eigenvalue weighted by Crippen LogP contribution is -2.05. The van der Waals surface area contributed by atoms with Gasteiger partial charge < -0.3 is 10.1 Å². The lowest BCUT2D eigenvalue weighted by Gasteiger charge is -2.10. The van der Waals surface area contributed by atoms with Gasteiger partial charge in [-0.1, -0.05) is 18.2 Å². The zero-order chi connectivity index (χ0) is 15.4. The van der Waals surface area contributed by atoms with Crippen molar-refractivity contribution < 1.29 is 17.9 Å². The van der Waals surface area contributed by atoms with Gasteiger partial charge in [0, 0.05) is 18.3 Å². The number of rotatable bonds is 5. The Bertz CT molecular complexity index is 629. The topological polar surface area (TPSA) is 21.3 Å². The van der Waals surface area contributed by atoms with Gasteiger partial charge in [0.2, 0.25) is 0 Å². The number of alkyl halides is 2. The highest BCUT2D eigenvalue weighted by molar-refractivity contribution is 5.48. The van der Waals surface area contributed by atoms with E-state index in [0.717, 1.165) is 11.6 Å². The number of ether oxygens (including phenoxy) is 1. The quantitative estimate of drug-likeness (QED) is 0.866. The molecule has 0 unspecified atom stereocenters. The van der Waals surface area contributed by atoms with Crippen LogP contribution in [-0.2, 0) is 6.54 Å². The molecular formula is C16H16F3NO. The molecule has 0 heterocycles. The molecule has 0 fully saturated rings. The fourth-order valence-electron chi connectivity index (χ4n) is 1.92. The van der Waals surface area contributed by atoms with Crippen molar-refractivity contribution in [1.82, 2.24) is 0 Å². The first-order valence-electron chi connectivity index (χ1n) is 6.50. The summed E-state index contributed by atoms with van der Waals surface area (Å²) in [6, 6.07) is 9.88. The Labute approximate surface area is 121 Å². The fourth-order valence-corrected chi connectivity index (χ4v) is 1.92. The molecule has 112 valence electrons. The van der Waals surface area contributed by atoms with Crippen molar-refractivity contribution in [1.29, 1.82) is 0 Å². The maximum absolute atomic E-state index is 13.6. The van der Waals surface area contributed by atoms with Crippen molar-refractivity contribution in [2.75, 3.05) is 5.32 Å². The molecule has 2 rings (SSSR count). The first-order chi connectivity index (χ1) is 9.95. The molecule has 0 atom stereocenters. The number of anilines is 1. The summed E-state index contributed by atoms with van der Waals surface area (Å²) in [6.45, 7) is 1.54. The second-order valence-electron chi connectivity index (χ2n) is 4.80. The van der Waals surface area contributed by atoms with Crippen LogP contribution in [0.5, 0.6) is 5.75 Å². The number of halogens is 3. The van der Waals surface area contributed by atoms with Crippen molar-refractivity contribution in [3.63, 3.8) is 0 Å². The second kappa shape index (κ2) is 6.52. The maximum Gasteiger partial charge on any atom is 0.387 e.